The fourth-order valence-corrected chi connectivity index (χ4v) is 6.89. The highest BCUT2D eigenvalue weighted by Gasteiger charge is 2.41. The maximum Gasteiger partial charge on any atom is 0.119 e. The molecule has 0 saturated heterocycles. The van der Waals surface area contributed by atoms with E-state index < -0.39 is 8.07 Å². The summed E-state index contributed by atoms with van der Waals surface area (Å²) in [5.41, 5.74) is 4.48. The standard InChI is InChI=1S/C21H30NOSi/c1-22(16-24(3,4)5)15-19-9-7-6-8-18(19)14-21(22)17-10-12-20(23-2)13-11-17/h6-13,21H,14-16H2,1-5H3/q+1/t21-,22-/m1/s1. The maximum absolute atomic E-state index is 5.35. The number of quaternary nitrogens is 1. The van der Waals surface area contributed by atoms with Crippen LogP contribution in [-0.2, 0) is 13.0 Å². The number of hydrogen-bond donors (Lipinski definition) is 0. The zero-order valence-electron chi connectivity index (χ0n) is 15.7. The Balaban J connectivity index is 2.01. The second-order valence-electron chi connectivity index (χ2n) is 8.62. The highest BCUT2D eigenvalue weighted by molar-refractivity contribution is 6.76. The number of nitrogens with zero attached hydrogens (tertiary/aromatic N) is 1. The highest BCUT2D eigenvalue weighted by atomic mass is 28.3. The monoisotopic (exact) mass is 340 g/mol. The molecule has 24 heavy (non-hydrogen) atoms. The minimum atomic E-state index is -1.18. The van der Waals surface area contributed by atoms with Crippen molar-refractivity contribution in [3.05, 3.63) is 65.2 Å². The minimum absolute atomic E-state index is 0.525. The summed E-state index contributed by atoms with van der Waals surface area (Å²) in [5, 5.41) is 0. The lowest BCUT2D eigenvalue weighted by molar-refractivity contribution is -0.945. The number of ether oxygens (including phenoxy) is 1. The average molecular weight is 341 g/mol. The molecule has 2 aromatic carbocycles. The topological polar surface area (TPSA) is 9.23 Å². The lowest BCUT2D eigenvalue weighted by Crippen LogP contribution is -2.56. The third-order valence-corrected chi connectivity index (χ3v) is 6.82. The molecule has 2 atom stereocenters. The number of hydrogen-bond acceptors (Lipinski definition) is 1. The third-order valence-electron chi connectivity index (χ3n) is 5.15. The molecule has 0 aromatic heterocycles. The Hall–Kier alpha value is -1.58. The smallest absolute Gasteiger partial charge is 0.119 e. The number of fused-ring (bicyclic) bond motifs is 1. The van der Waals surface area contributed by atoms with Crippen LogP contribution in [0.15, 0.2) is 48.5 Å². The number of rotatable bonds is 4. The SMILES string of the molecule is COc1ccc([C@H]2Cc3ccccc3C[N@+]2(C)C[Si](C)(C)C)cc1. The molecule has 0 saturated carbocycles. The molecule has 128 valence electrons. The molecule has 1 aliphatic heterocycles. The average Bonchev–Trinajstić information content (AvgIpc) is 2.52. The van der Waals surface area contributed by atoms with Crippen molar-refractivity contribution in [3.8, 4) is 5.75 Å². The molecule has 0 bridgehead atoms. The molecular weight excluding hydrogens is 310 g/mol. The van der Waals surface area contributed by atoms with Gasteiger partial charge in [-0.15, -0.1) is 0 Å². The lowest BCUT2D eigenvalue weighted by Gasteiger charge is -2.48. The Labute approximate surface area is 147 Å². The van der Waals surface area contributed by atoms with Gasteiger partial charge in [0.05, 0.1) is 20.3 Å². The molecule has 0 spiro atoms. The Morgan fingerprint density at radius 3 is 2.21 bits per heavy atom. The largest absolute Gasteiger partial charge is 0.497 e. The molecule has 0 N–H and O–H groups in total. The van der Waals surface area contributed by atoms with Crippen LogP contribution in [0.5, 0.6) is 5.75 Å². The molecule has 3 rings (SSSR count). The summed E-state index contributed by atoms with van der Waals surface area (Å²) in [7, 11) is 3.01. The Morgan fingerprint density at radius 2 is 1.62 bits per heavy atom. The van der Waals surface area contributed by atoms with Crippen LogP contribution in [0.3, 0.4) is 0 Å². The normalized spacial score (nSPS) is 23.6. The molecule has 2 aromatic rings. The van der Waals surface area contributed by atoms with Gasteiger partial charge in [-0.3, -0.25) is 0 Å². The first-order valence-electron chi connectivity index (χ1n) is 8.86. The molecule has 0 radical (unpaired) electrons. The second kappa shape index (κ2) is 6.38. The summed E-state index contributed by atoms with van der Waals surface area (Å²) in [6, 6.07) is 18.3. The van der Waals surface area contributed by atoms with E-state index in [0.29, 0.717) is 6.04 Å². The van der Waals surface area contributed by atoms with Crippen molar-refractivity contribution in [2.75, 3.05) is 20.3 Å². The zero-order valence-corrected chi connectivity index (χ0v) is 16.7. The van der Waals surface area contributed by atoms with Crippen LogP contribution >= 0.6 is 0 Å². The first kappa shape index (κ1) is 17.2. The van der Waals surface area contributed by atoms with Crippen LogP contribution in [0.4, 0.5) is 0 Å². The van der Waals surface area contributed by atoms with Gasteiger partial charge in [0.1, 0.15) is 26.4 Å². The van der Waals surface area contributed by atoms with Gasteiger partial charge >= 0.3 is 0 Å². The first-order valence-corrected chi connectivity index (χ1v) is 12.6. The minimum Gasteiger partial charge on any atom is -0.497 e. The van der Waals surface area contributed by atoms with E-state index in [4.69, 9.17) is 4.74 Å². The van der Waals surface area contributed by atoms with E-state index in [1.165, 1.54) is 22.9 Å². The van der Waals surface area contributed by atoms with Crippen molar-refractivity contribution in [2.24, 2.45) is 0 Å². The van der Waals surface area contributed by atoms with E-state index in [-0.39, 0.29) is 0 Å². The van der Waals surface area contributed by atoms with Crippen LogP contribution in [0.25, 0.3) is 0 Å². The van der Waals surface area contributed by atoms with Crippen LogP contribution < -0.4 is 4.74 Å². The van der Waals surface area contributed by atoms with Gasteiger partial charge in [-0.2, -0.15) is 0 Å². The van der Waals surface area contributed by atoms with E-state index in [1.807, 2.05) is 0 Å². The molecule has 0 aliphatic carbocycles. The quantitative estimate of drug-likeness (QED) is 0.573. The van der Waals surface area contributed by atoms with Crippen molar-refractivity contribution in [2.45, 2.75) is 38.6 Å². The summed E-state index contributed by atoms with van der Waals surface area (Å²) < 4.78 is 6.47. The van der Waals surface area contributed by atoms with Gasteiger partial charge in [0.15, 0.2) is 0 Å². The van der Waals surface area contributed by atoms with Crippen LogP contribution in [0.1, 0.15) is 22.7 Å². The van der Waals surface area contributed by atoms with Crippen LogP contribution in [0, 0.1) is 0 Å². The summed E-state index contributed by atoms with van der Waals surface area (Å²) in [5.74, 6) is 0.939. The summed E-state index contributed by atoms with van der Waals surface area (Å²) >= 11 is 0. The maximum atomic E-state index is 5.35. The summed E-state index contributed by atoms with van der Waals surface area (Å²) in [6.45, 7) is 8.60. The third kappa shape index (κ3) is 3.57. The molecule has 0 fully saturated rings. The zero-order chi connectivity index (χ0) is 17.4. The second-order valence-corrected chi connectivity index (χ2v) is 14.1. The van der Waals surface area contributed by atoms with Gasteiger partial charge in [0.25, 0.3) is 0 Å². The van der Waals surface area contributed by atoms with Gasteiger partial charge in [-0.25, -0.2) is 0 Å². The first-order chi connectivity index (χ1) is 11.3. The van der Waals surface area contributed by atoms with Crippen LogP contribution in [0.2, 0.25) is 19.6 Å². The van der Waals surface area contributed by atoms with Gasteiger partial charge in [0, 0.05) is 17.5 Å². The Kier molecular flexibility index (Phi) is 4.58. The van der Waals surface area contributed by atoms with E-state index in [9.17, 15) is 0 Å². The fourth-order valence-electron chi connectivity index (χ4n) is 4.39. The molecule has 1 aliphatic rings. The predicted octanol–water partition coefficient (Wildman–Crippen LogP) is 4.82. The van der Waals surface area contributed by atoms with Crippen LogP contribution in [-0.4, -0.2) is 32.9 Å². The Morgan fingerprint density at radius 1 is 1.00 bits per heavy atom. The highest BCUT2D eigenvalue weighted by Crippen LogP contribution is 2.39. The fraction of sp³-hybridized carbons (Fsp3) is 0.429. The van der Waals surface area contributed by atoms with Gasteiger partial charge in [-0.1, -0.05) is 43.9 Å². The van der Waals surface area contributed by atoms with Crippen molar-refractivity contribution in [3.63, 3.8) is 0 Å². The van der Waals surface area contributed by atoms with Gasteiger partial charge in [0.2, 0.25) is 0 Å². The van der Waals surface area contributed by atoms with Crippen molar-refractivity contribution in [1.29, 1.82) is 0 Å². The van der Waals surface area contributed by atoms with E-state index >= 15 is 0 Å². The molecular formula is C21H30NOSi+. The van der Waals surface area contributed by atoms with Gasteiger partial charge in [-0.05, 0) is 29.8 Å². The number of likely N-dealkylation sites (N-methyl/N-ethyl adjacent to an activating group) is 1. The summed E-state index contributed by atoms with van der Waals surface area (Å²) in [4.78, 5) is 0. The van der Waals surface area contributed by atoms with E-state index in [0.717, 1.165) is 23.2 Å². The van der Waals surface area contributed by atoms with Crippen molar-refractivity contribution in [1.82, 2.24) is 0 Å². The van der Waals surface area contributed by atoms with E-state index in [1.54, 1.807) is 7.11 Å². The molecule has 0 unspecified atom stereocenters. The predicted molar refractivity (Wildman–Crippen MR) is 104 cm³/mol. The Bertz CT molecular complexity index is 705. The molecule has 3 heteroatoms. The van der Waals surface area contributed by atoms with Crippen molar-refractivity contribution < 1.29 is 9.22 Å². The lowest BCUT2D eigenvalue weighted by atomic mass is 9.88. The number of methoxy groups -OCH3 is 1. The van der Waals surface area contributed by atoms with E-state index in [2.05, 4.69) is 75.2 Å². The van der Waals surface area contributed by atoms with Crippen molar-refractivity contribution >= 4 is 8.07 Å². The summed E-state index contributed by atoms with van der Waals surface area (Å²) in [6.07, 6.45) is 2.43. The number of benzene rings is 2. The molecule has 2 nitrogen and oxygen atoms in total. The van der Waals surface area contributed by atoms with Gasteiger partial charge < -0.3 is 9.22 Å². The molecule has 0 amide bonds. The molecule has 1 heterocycles.